The summed E-state index contributed by atoms with van der Waals surface area (Å²) >= 11 is 0. The predicted molar refractivity (Wildman–Crippen MR) is 151 cm³/mol. The number of carbonyl (C=O) groups is 1. The number of hydrogen-bond donors (Lipinski definition) is 3. The standard InChI is InChI=1S/C30H33N7O/c1-19(2)18-32-27-11-10-25-28(35-27)36-30(33-25)34-26-16-24(7-4-20(26)3)29(38)37-14-12-23(13-15-37)22-8-5-21(17-31)6-9-22/h4-11,16,19,23H,12-15,18H2,1-3H3,(H3,32,33,34,35,36). The Bertz CT molecular complexity index is 1480. The summed E-state index contributed by atoms with van der Waals surface area (Å²) in [6.07, 6.45) is 1.82. The van der Waals surface area contributed by atoms with Gasteiger partial charge < -0.3 is 20.5 Å². The lowest BCUT2D eigenvalue weighted by Crippen LogP contribution is -2.37. The van der Waals surface area contributed by atoms with E-state index in [2.05, 4.69) is 45.5 Å². The molecule has 1 saturated heterocycles. The number of aromatic amines is 1. The molecule has 2 aromatic heterocycles. The number of aromatic nitrogens is 3. The summed E-state index contributed by atoms with van der Waals surface area (Å²) in [6.45, 7) is 8.59. The van der Waals surface area contributed by atoms with E-state index in [9.17, 15) is 4.79 Å². The van der Waals surface area contributed by atoms with Crippen molar-refractivity contribution < 1.29 is 4.79 Å². The highest BCUT2D eigenvalue weighted by molar-refractivity contribution is 5.95. The minimum atomic E-state index is 0.0402. The summed E-state index contributed by atoms with van der Waals surface area (Å²) in [6, 6.07) is 19.7. The zero-order valence-electron chi connectivity index (χ0n) is 22.1. The fraction of sp³-hybridized carbons (Fsp3) is 0.333. The minimum Gasteiger partial charge on any atom is -0.370 e. The van der Waals surface area contributed by atoms with Crippen molar-refractivity contribution in [1.29, 1.82) is 5.26 Å². The molecule has 8 nitrogen and oxygen atoms in total. The zero-order valence-corrected chi connectivity index (χ0v) is 22.1. The van der Waals surface area contributed by atoms with Gasteiger partial charge in [-0.1, -0.05) is 32.0 Å². The van der Waals surface area contributed by atoms with Crippen LogP contribution in [0.15, 0.2) is 54.6 Å². The molecule has 3 N–H and O–H groups in total. The average Bonchev–Trinajstić information content (AvgIpc) is 3.34. The molecule has 1 amide bonds. The molecule has 4 aromatic rings. The van der Waals surface area contributed by atoms with Gasteiger partial charge in [0.1, 0.15) is 5.82 Å². The van der Waals surface area contributed by atoms with Crippen LogP contribution in [-0.4, -0.2) is 45.4 Å². The van der Waals surface area contributed by atoms with E-state index in [-0.39, 0.29) is 5.91 Å². The van der Waals surface area contributed by atoms with Crippen molar-refractivity contribution in [2.45, 2.75) is 39.5 Å². The molecule has 0 unspecified atom stereocenters. The quantitative estimate of drug-likeness (QED) is 0.284. The van der Waals surface area contributed by atoms with Gasteiger partial charge in [-0.25, -0.2) is 4.98 Å². The monoisotopic (exact) mass is 507 g/mol. The van der Waals surface area contributed by atoms with Crippen molar-refractivity contribution in [1.82, 2.24) is 19.9 Å². The Morgan fingerprint density at radius 3 is 2.58 bits per heavy atom. The molecule has 1 aliphatic heterocycles. The first-order valence-electron chi connectivity index (χ1n) is 13.2. The Morgan fingerprint density at radius 1 is 1.11 bits per heavy atom. The average molecular weight is 508 g/mol. The van der Waals surface area contributed by atoms with Gasteiger partial charge in [0.2, 0.25) is 5.95 Å². The van der Waals surface area contributed by atoms with Crippen LogP contribution in [-0.2, 0) is 0 Å². The molecule has 8 heteroatoms. The van der Waals surface area contributed by atoms with Gasteiger partial charge in [0.05, 0.1) is 17.1 Å². The number of piperidine rings is 1. The molecule has 3 heterocycles. The number of pyridine rings is 1. The molecule has 2 aromatic carbocycles. The van der Waals surface area contributed by atoms with Gasteiger partial charge in [-0.2, -0.15) is 10.2 Å². The maximum atomic E-state index is 13.4. The molecule has 0 radical (unpaired) electrons. The number of likely N-dealkylation sites (tertiary alicyclic amines) is 1. The number of hydrogen-bond acceptors (Lipinski definition) is 6. The van der Waals surface area contributed by atoms with Gasteiger partial charge >= 0.3 is 0 Å². The first-order valence-corrected chi connectivity index (χ1v) is 13.2. The second-order valence-electron chi connectivity index (χ2n) is 10.4. The summed E-state index contributed by atoms with van der Waals surface area (Å²) in [5, 5.41) is 15.7. The van der Waals surface area contributed by atoms with Crippen molar-refractivity contribution in [3.05, 3.63) is 76.9 Å². The van der Waals surface area contributed by atoms with E-state index >= 15 is 0 Å². The Morgan fingerprint density at radius 2 is 1.87 bits per heavy atom. The zero-order chi connectivity index (χ0) is 26.6. The fourth-order valence-electron chi connectivity index (χ4n) is 4.80. The summed E-state index contributed by atoms with van der Waals surface area (Å²) in [5.74, 6) is 2.36. The number of aryl methyl sites for hydroxylation is 1. The largest absolute Gasteiger partial charge is 0.370 e. The van der Waals surface area contributed by atoms with E-state index in [0.29, 0.717) is 47.6 Å². The third-order valence-corrected chi connectivity index (χ3v) is 7.07. The second kappa shape index (κ2) is 10.9. The Balaban J connectivity index is 1.25. The van der Waals surface area contributed by atoms with E-state index in [1.54, 1.807) is 0 Å². The topological polar surface area (TPSA) is 110 Å². The van der Waals surface area contributed by atoms with Crippen LogP contribution in [0.4, 0.5) is 17.5 Å². The highest BCUT2D eigenvalue weighted by Gasteiger charge is 2.25. The van der Waals surface area contributed by atoms with Crippen LogP contribution < -0.4 is 10.6 Å². The summed E-state index contributed by atoms with van der Waals surface area (Å²) in [7, 11) is 0. The molecule has 1 fully saturated rings. The molecule has 5 rings (SSSR count). The van der Waals surface area contributed by atoms with Gasteiger partial charge in [0.25, 0.3) is 5.91 Å². The van der Waals surface area contributed by atoms with Crippen molar-refractivity contribution in [2.24, 2.45) is 5.92 Å². The number of benzene rings is 2. The number of nitrogens with one attached hydrogen (secondary N) is 3. The summed E-state index contributed by atoms with van der Waals surface area (Å²) in [5.41, 5.74) is 5.90. The lowest BCUT2D eigenvalue weighted by atomic mass is 9.89. The number of fused-ring (bicyclic) bond motifs is 1. The van der Waals surface area contributed by atoms with Crippen molar-refractivity contribution in [2.75, 3.05) is 30.3 Å². The lowest BCUT2D eigenvalue weighted by Gasteiger charge is -2.32. The van der Waals surface area contributed by atoms with Gasteiger partial charge in [0, 0.05) is 30.9 Å². The van der Waals surface area contributed by atoms with Crippen molar-refractivity contribution >= 4 is 34.5 Å². The fourth-order valence-corrected chi connectivity index (χ4v) is 4.80. The first kappa shape index (κ1) is 25.3. The molecule has 194 valence electrons. The predicted octanol–water partition coefficient (Wildman–Crippen LogP) is 5.97. The number of carbonyl (C=O) groups excluding carboxylic acids is 1. The van der Waals surface area contributed by atoms with Gasteiger partial charge in [-0.15, -0.1) is 0 Å². The highest BCUT2D eigenvalue weighted by Crippen LogP contribution is 2.30. The third kappa shape index (κ3) is 5.62. The smallest absolute Gasteiger partial charge is 0.253 e. The number of nitrogens with zero attached hydrogens (tertiary/aromatic N) is 4. The first-order chi connectivity index (χ1) is 18.4. The van der Waals surface area contributed by atoms with Crippen LogP contribution >= 0.6 is 0 Å². The normalized spacial score (nSPS) is 14.0. The van der Waals surface area contributed by atoms with Crippen molar-refractivity contribution in [3.8, 4) is 6.07 Å². The SMILES string of the molecule is Cc1ccc(C(=O)N2CCC(c3ccc(C#N)cc3)CC2)cc1Nc1nc2nc(NCC(C)C)ccc2[nH]1. The van der Waals surface area contributed by atoms with Crippen LogP contribution in [0, 0.1) is 24.2 Å². The number of H-pyrrole nitrogens is 1. The third-order valence-electron chi connectivity index (χ3n) is 7.07. The lowest BCUT2D eigenvalue weighted by molar-refractivity contribution is 0.0713. The molecule has 38 heavy (non-hydrogen) atoms. The maximum Gasteiger partial charge on any atom is 0.253 e. The van der Waals surface area contributed by atoms with E-state index < -0.39 is 0 Å². The molecule has 0 saturated carbocycles. The maximum absolute atomic E-state index is 13.4. The Labute approximate surface area is 223 Å². The molecule has 0 bridgehead atoms. The van der Waals surface area contributed by atoms with E-state index in [1.165, 1.54) is 5.56 Å². The molecule has 0 spiro atoms. The minimum absolute atomic E-state index is 0.0402. The Hall–Kier alpha value is -4.38. The number of amides is 1. The number of imidazole rings is 1. The molecule has 1 aliphatic rings. The molecule has 0 atom stereocenters. The van der Waals surface area contributed by atoms with Crippen LogP contribution in [0.25, 0.3) is 11.2 Å². The number of anilines is 3. The molecular formula is C30H33N7O. The van der Waals surface area contributed by atoms with Crippen LogP contribution in [0.3, 0.4) is 0 Å². The summed E-state index contributed by atoms with van der Waals surface area (Å²) in [4.78, 5) is 27.8. The van der Waals surface area contributed by atoms with Gasteiger partial charge in [0.15, 0.2) is 5.65 Å². The number of rotatable bonds is 7. The Kier molecular flexibility index (Phi) is 7.27. The van der Waals surface area contributed by atoms with Crippen molar-refractivity contribution in [3.63, 3.8) is 0 Å². The van der Waals surface area contributed by atoms with Gasteiger partial charge in [-0.3, -0.25) is 4.79 Å². The van der Waals surface area contributed by atoms with Crippen LogP contribution in [0.2, 0.25) is 0 Å². The molecular weight excluding hydrogens is 474 g/mol. The van der Waals surface area contributed by atoms with E-state index in [1.807, 2.05) is 66.4 Å². The van der Waals surface area contributed by atoms with E-state index in [4.69, 9.17) is 5.26 Å². The highest BCUT2D eigenvalue weighted by atomic mass is 16.2. The number of nitriles is 1. The van der Waals surface area contributed by atoms with Crippen LogP contribution in [0.1, 0.15) is 59.7 Å². The van der Waals surface area contributed by atoms with Gasteiger partial charge in [-0.05, 0) is 79.1 Å². The summed E-state index contributed by atoms with van der Waals surface area (Å²) < 4.78 is 0. The molecule has 0 aliphatic carbocycles. The second-order valence-corrected chi connectivity index (χ2v) is 10.4. The van der Waals surface area contributed by atoms with Crippen LogP contribution in [0.5, 0.6) is 0 Å². The van der Waals surface area contributed by atoms with E-state index in [0.717, 1.165) is 42.0 Å².